The van der Waals surface area contributed by atoms with Gasteiger partial charge in [0.05, 0.1) is 16.5 Å². The van der Waals surface area contributed by atoms with Gasteiger partial charge >= 0.3 is 0 Å². The molecular formula is C18H13BrN2O3S2. The second kappa shape index (κ2) is 8.03. The number of halogens is 1. The average molecular weight is 449 g/mol. The number of amides is 2. The minimum absolute atomic E-state index is 0.276. The maximum Gasteiger partial charge on any atom is 0.285 e. The predicted octanol–water partition coefficient (Wildman–Crippen LogP) is 4.00. The number of thioether (sulfide) groups is 1. The third-order valence-electron chi connectivity index (χ3n) is 3.52. The molecule has 1 fully saturated rings. The molecule has 0 aromatic heterocycles. The first-order chi connectivity index (χ1) is 12.5. The Kier molecular flexibility index (Phi) is 5.75. The molecule has 0 unspecified atom stereocenters. The summed E-state index contributed by atoms with van der Waals surface area (Å²) in [6, 6.07) is 14.1. The number of nitrogens with one attached hydrogen (secondary N) is 1. The first-order valence-electron chi connectivity index (χ1n) is 7.47. The molecule has 0 spiro atoms. The Hall–Kier alpha value is -2.16. The number of rotatable bonds is 4. The van der Waals surface area contributed by atoms with Gasteiger partial charge < -0.3 is 4.74 Å². The number of hydrogen-bond donors (Lipinski definition) is 1. The van der Waals surface area contributed by atoms with Crippen LogP contribution >= 0.6 is 39.9 Å². The zero-order valence-electron chi connectivity index (χ0n) is 13.6. The van der Waals surface area contributed by atoms with Gasteiger partial charge in [0, 0.05) is 5.56 Å². The molecule has 2 aromatic rings. The number of methoxy groups -OCH3 is 1. The SMILES string of the molecule is COc1ccc(C=C2SC(=S)N(NC(=O)c3ccccc3)C2=O)cc1Br. The van der Waals surface area contributed by atoms with Crippen molar-refractivity contribution in [2.75, 3.05) is 7.11 Å². The van der Waals surface area contributed by atoms with E-state index in [2.05, 4.69) is 21.4 Å². The molecule has 1 aliphatic rings. The normalized spacial score (nSPS) is 15.5. The van der Waals surface area contributed by atoms with Crippen LogP contribution in [0.2, 0.25) is 0 Å². The van der Waals surface area contributed by atoms with Crippen molar-refractivity contribution in [3.8, 4) is 5.75 Å². The van der Waals surface area contributed by atoms with E-state index in [-0.39, 0.29) is 10.2 Å². The number of carbonyl (C=O) groups excluding carboxylic acids is 2. The van der Waals surface area contributed by atoms with Gasteiger partial charge in [0.25, 0.3) is 11.8 Å². The Morgan fingerprint density at radius 2 is 2.00 bits per heavy atom. The first kappa shape index (κ1) is 18.6. The van der Waals surface area contributed by atoms with E-state index >= 15 is 0 Å². The van der Waals surface area contributed by atoms with Gasteiger partial charge in [0.1, 0.15) is 5.75 Å². The lowest BCUT2D eigenvalue weighted by atomic mass is 10.2. The summed E-state index contributed by atoms with van der Waals surface area (Å²) in [5.41, 5.74) is 3.81. The summed E-state index contributed by atoms with van der Waals surface area (Å²) >= 11 is 9.78. The van der Waals surface area contributed by atoms with Crippen molar-refractivity contribution >= 4 is 62.1 Å². The van der Waals surface area contributed by atoms with E-state index in [1.807, 2.05) is 18.2 Å². The highest BCUT2D eigenvalue weighted by Crippen LogP contribution is 2.33. The van der Waals surface area contributed by atoms with E-state index < -0.39 is 5.91 Å². The van der Waals surface area contributed by atoms with E-state index in [0.29, 0.717) is 16.2 Å². The number of ether oxygens (including phenoxy) is 1. The molecule has 0 radical (unpaired) electrons. The molecular weight excluding hydrogens is 436 g/mol. The van der Waals surface area contributed by atoms with Crippen LogP contribution in [0.15, 0.2) is 57.9 Å². The van der Waals surface area contributed by atoms with E-state index in [1.165, 1.54) is 0 Å². The number of thiocarbonyl (C=S) groups is 1. The van der Waals surface area contributed by atoms with Crippen molar-refractivity contribution < 1.29 is 14.3 Å². The number of carbonyl (C=O) groups is 2. The van der Waals surface area contributed by atoms with Crippen LogP contribution in [-0.2, 0) is 4.79 Å². The highest BCUT2D eigenvalue weighted by Gasteiger charge is 2.33. The Morgan fingerprint density at radius 1 is 1.27 bits per heavy atom. The van der Waals surface area contributed by atoms with Gasteiger partial charge in [-0.25, -0.2) is 0 Å². The second-order valence-corrected chi connectivity index (χ2v) is 7.75. The average Bonchev–Trinajstić information content (AvgIpc) is 2.90. The number of hydrazine groups is 1. The van der Waals surface area contributed by atoms with Crippen LogP contribution in [0, 0.1) is 0 Å². The third-order valence-corrected chi connectivity index (χ3v) is 5.44. The number of benzene rings is 2. The van der Waals surface area contributed by atoms with Crippen LogP contribution in [0.1, 0.15) is 15.9 Å². The lowest BCUT2D eigenvalue weighted by Crippen LogP contribution is -2.44. The molecule has 1 N–H and O–H groups in total. The fourth-order valence-electron chi connectivity index (χ4n) is 2.24. The molecule has 2 aromatic carbocycles. The number of hydrogen-bond acceptors (Lipinski definition) is 5. The fourth-order valence-corrected chi connectivity index (χ4v) is 3.98. The number of nitrogens with zero attached hydrogens (tertiary/aromatic N) is 1. The molecule has 8 heteroatoms. The van der Waals surface area contributed by atoms with E-state index in [0.717, 1.165) is 26.8 Å². The highest BCUT2D eigenvalue weighted by atomic mass is 79.9. The Balaban J connectivity index is 1.78. The molecule has 0 aliphatic carbocycles. The summed E-state index contributed by atoms with van der Waals surface area (Å²) in [4.78, 5) is 25.3. The van der Waals surface area contributed by atoms with Gasteiger partial charge in [-0.05, 0) is 64.1 Å². The van der Waals surface area contributed by atoms with Crippen LogP contribution in [0.25, 0.3) is 6.08 Å². The third kappa shape index (κ3) is 3.98. The summed E-state index contributed by atoms with van der Waals surface area (Å²) < 4.78 is 6.25. The molecule has 0 saturated carbocycles. The molecule has 0 atom stereocenters. The van der Waals surface area contributed by atoms with Gasteiger partial charge in [-0.2, -0.15) is 5.01 Å². The van der Waals surface area contributed by atoms with E-state index in [1.54, 1.807) is 43.5 Å². The zero-order valence-corrected chi connectivity index (χ0v) is 16.8. The molecule has 0 bridgehead atoms. The highest BCUT2D eigenvalue weighted by molar-refractivity contribution is 9.10. The summed E-state index contributed by atoms with van der Waals surface area (Å²) in [6.07, 6.45) is 1.72. The largest absolute Gasteiger partial charge is 0.496 e. The summed E-state index contributed by atoms with van der Waals surface area (Å²) in [6.45, 7) is 0. The smallest absolute Gasteiger partial charge is 0.285 e. The van der Waals surface area contributed by atoms with Gasteiger partial charge in [-0.3, -0.25) is 15.0 Å². The Labute approximate surface area is 168 Å². The predicted molar refractivity (Wildman–Crippen MR) is 110 cm³/mol. The van der Waals surface area contributed by atoms with Crippen molar-refractivity contribution in [2.24, 2.45) is 0 Å². The molecule has 26 heavy (non-hydrogen) atoms. The topological polar surface area (TPSA) is 58.6 Å². The monoisotopic (exact) mass is 448 g/mol. The maximum atomic E-state index is 12.6. The lowest BCUT2D eigenvalue weighted by molar-refractivity contribution is -0.123. The first-order valence-corrected chi connectivity index (χ1v) is 9.49. The molecule has 132 valence electrons. The van der Waals surface area contributed by atoms with Crippen LogP contribution in [0.4, 0.5) is 0 Å². The fraction of sp³-hybridized carbons (Fsp3) is 0.0556. The quantitative estimate of drug-likeness (QED) is 0.565. The van der Waals surface area contributed by atoms with Crippen molar-refractivity contribution in [1.82, 2.24) is 10.4 Å². The second-order valence-electron chi connectivity index (χ2n) is 5.22. The summed E-state index contributed by atoms with van der Waals surface area (Å²) in [5.74, 6) is -0.0589. The lowest BCUT2D eigenvalue weighted by Gasteiger charge is -2.15. The van der Waals surface area contributed by atoms with Crippen molar-refractivity contribution in [2.45, 2.75) is 0 Å². The Morgan fingerprint density at radius 3 is 2.65 bits per heavy atom. The van der Waals surface area contributed by atoms with Crippen LogP contribution < -0.4 is 10.2 Å². The molecule has 2 amide bonds. The molecule has 1 aliphatic heterocycles. The zero-order chi connectivity index (χ0) is 18.7. The van der Waals surface area contributed by atoms with E-state index in [4.69, 9.17) is 17.0 Å². The summed E-state index contributed by atoms with van der Waals surface area (Å²) in [5, 5.41) is 1.10. The van der Waals surface area contributed by atoms with Crippen molar-refractivity contribution in [3.63, 3.8) is 0 Å². The molecule has 5 nitrogen and oxygen atoms in total. The van der Waals surface area contributed by atoms with Crippen LogP contribution in [-0.4, -0.2) is 28.3 Å². The minimum atomic E-state index is -0.393. The van der Waals surface area contributed by atoms with Crippen LogP contribution in [0.3, 0.4) is 0 Å². The van der Waals surface area contributed by atoms with Gasteiger partial charge in [-0.15, -0.1) is 0 Å². The Bertz CT molecular complexity index is 916. The van der Waals surface area contributed by atoms with Gasteiger partial charge in [-0.1, -0.05) is 36.0 Å². The van der Waals surface area contributed by atoms with Crippen molar-refractivity contribution in [3.05, 3.63) is 69.0 Å². The minimum Gasteiger partial charge on any atom is -0.496 e. The van der Waals surface area contributed by atoms with Gasteiger partial charge in [0.2, 0.25) is 0 Å². The van der Waals surface area contributed by atoms with Gasteiger partial charge in [0.15, 0.2) is 4.32 Å². The molecule has 1 heterocycles. The van der Waals surface area contributed by atoms with E-state index in [9.17, 15) is 9.59 Å². The molecule has 3 rings (SSSR count). The maximum absolute atomic E-state index is 12.6. The van der Waals surface area contributed by atoms with Crippen molar-refractivity contribution in [1.29, 1.82) is 0 Å². The standard InChI is InChI=1S/C18H13BrN2O3S2/c1-24-14-8-7-11(9-13(14)19)10-15-17(23)21(18(25)26-15)20-16(22)12-5-3-2-4-6-12/h2-10H,1H3,(H,20,22). The molecule has 1 saturated heterocycles. The summed E-state index contributed by atoms with van der Waals surface area (Å²) in [7, 11) is 1.58. The van der Waals surface area contributed by atoms with Crippen LogP contribution in [0.5, 0.6) is 5.75 Å².